The van der Waals surface area contributed by atoms with E-state index in [9.17, 15) is 4.79 Å². The number of carbonyl (C=O) groups excluding carboxylic acids is 1. The van der Waals surface area contributed by atoms with Crippen LogP contribution in [0, 0.1) is 0 Å². The van der Waals surface area contributed by atoms with E-state index in [4.69, 9.17) is 0 Å². The fourth-order valence-electron chi connectivity index (χ4n) is 1.28. The lowest BCUT2D eigenvalue weighted by Gasteiger charge is -1.96. The van der Waals surface area contributed by atoms with Crippen molar-refractivity contribution >= 4 is 17.1 Å². The first-order valence-electron chi connectivity index (χ1n) is 4.84. The van der Waals surface area contributed by atoms with Crippen molar-refractivity contribution in [3.8, 4) is 0 Å². The third kappa shape index (κ3) is 2.19. The summed E-state index contributed by atoms with van der Waals surface area (Å²) in [6, 6.07) is 13.7. The fourth-order valence-corrected chi connectivity index (χ4v) is 1.28. The number of hydrogen-bond acceptors (Lipinski definition) is 1. The topological polar surface area (TPSA) is 17.1 Å². The lowest BCUT2D eigenvalue weighted by atomic mass is 10.1. The Morgan fingerprint density at radius 2 is 1.57 bits per heavy atom. The first kappa shape index (κ1) is 10.5. The Morgan fingerprint density at radius 3 is 2.21 bits per heavy atom. The third-order valence-electron chi connectivity index (χ3n) is 1.91. The minimum atomic E-state index is 0.730. The van der Waals surface area contributed by atoms with Crippen LogP contribution in [0.3, 0.4) is 0 Å². The van der Waals surface area contributed by atoms with Crippen LogP contribution in [0.1, 0.15) is 24.2 Å². The lowest BCUT2D eigenvalue weighted by molar-refractivity contribution is 0.112. The molecule has 0 bridgehead atoms. The van der Waals surface area contributed by atoms with Gasteiger partial charge in [0.25, 0.3) is 0 Å². The van der Waals surface area contributed by atoms with E-state index in [1.165, 1.54) is 5.39 Å². The predicted octanol–water partition coefficient (Wildman–Crippen LogP) is 3.68. The van der Waals surface area contributed by atoms with Crippen LogP contribution >= 0.6 is 0 Å². The zero-order chi connectivity index (χ0) is 10.4. The number of benzene rings is 2. The molecule has 0 atom stereocenters. The Balaban J connectivity index is 0.000000461. The molecule has 0 heterocycles. The molecule has 0 aliphatic carbocycles. The van der Waals surface area contributed by atoms with Crippen LogP contribution < -0.4 is 0 Å². The molecular formula is C13H14O. The molecule has 0 fully saturated rings. The molecule has 2 aromatic rings. The highest BCUT2D eigenvalue weighted by Crippen LogP contribution is 2.14. The molecule has 0 aliphatic rings. The van der Waals surface area contributed by atoms with Crippen LogP contribution in [0.2, 0.25) is 0 Å². The summed E-state index contributed by atoms with van der Waals surface area (Å²) in [6.45, 7) is 4.00. The second kappa shape index (κ2) is 5.18. The maximum Gasteiger partial charge on any atom is 0.150 e. The van der Waals surface area contributed by atoms with E-state index in [0.29, 0.717) is 0 Å². The third-order valence-corrected chi connectivity index (χ3v) is 1.91. The van der Waals surface area contributed by atoms with Gasteiger partial charge in [-0.2, -0.15) is 0 Å². The molecule has 2 aromatic carbocycles. The fraction of sp³-hybridized carbons (Fsp3) is 0.154. The van der Waals surface area contributed by atoms with E-state index in [-0.39, 0.29) is 0 Å². The SMILES string of the molecule is CC.O=Cc1ccc2ccccc2c1. The van der Waals surface area contributed by atoms with Gasteiger partial charge in [-0.05, 0) is 16.8 Å². The van der Waals surface area contributed by atoms with Gasteiger partial charge < -0.3 is 0 Å². The molecule has 1 heteroatoms. The lowest BCUT2D eigenvalue weighted by Crippen LogP contribution is -1.78. The van der Waals surface area contributed by atoms with Crippen molar-refractivity contribution in [3.05, 3.63) is 48.0 Å². The minimum absolute atomic E-state index is 0.730. The highest BCUT2D eigenvalue weighted by Gasteiger charge is 1.92. The minimum Gasteiger partial charge on any atom is -0.298 e. The quantitative estimate of drug-likeness (QED) is 0.621. The molecule has 0 radical (unpaired) electrons. The van der Waals surface area contributed by atoms with E-state index >= 15 is 0 Å². The van der Waals surface area contributed by atoms with Gasteiger partial charge in [-0.1, -0.05) is 50.2 Å². The standard InChI is InChI=1S/C11H8O.C2H6/c12-8-9-5-6-10-3-1-2-4-11(10)7-9;1-2/h1-8H;1-2H3. The smallest absolute Gasteiger partial charge is 0.150 e. The van der Waals surface area contributed by atoms with Crippen LogP contribution in [-0.4, -0.2) is 6.29 Å². The first-order valence-corrected chi connectivity index (χ1v) is 4.84. The number of rotatable bonds is 1. The average Bonchev–Trinajstić information content (AvgIpc) is 2.31. The molecule has 0 unspecified atom stereocenters. The molecule has 0 saturated carbocycles. The highest BCUT2D eigenvalue weighted by atomic mass is 16.1. The molecule has 72 valence electrons. The second-order valence-corrected chi connectivity index (χ2v) is 2.72. The number of aldehydes is 1. The molecule has 0 amide bonds. The Bertz CT molecular complexity index is 418. The molecule has 14 heavy (non-hydrogen) atoms. The van der Waals surface area contributed by atoms with Gasteiger partial charge in [0.05, 0.1) is 0 Å². The van der Waals surface area contributed by atoms with Crippen LogP contribution in [0.25, 0.3) is 10.8 Å². The molecule has 0 N–H and O–H groups in total. The van der Waals surface area contributed by atoms with Gasteiger partial charge in [0.15, 0.2) is 0 Å². The van der Waals surface area contributed by atoms with Crippen LogP contribution in [0.5, 0.6) is 0 Å². The van der Waals surface area contributed by atoms with Gasteiger partial charge in [0, 0.05) is 5.56 Å². The van der Waals surface area contributed by atoms with E-state index < -0.39 is 0 Å². The average molecular weight is 186 g/mol. The summed E-state index contributed by atoms with van der Waals surface area (Å²) in [4.78, 5) is 10.5. The maximum absolute atomic E-state index is 10.5. The molecule has 0 spiro atoms. The Labute approximate surface area is 84.4 Å². The van der Waals surface area contributed by atoms with E-state index in [1.54, 1.807) is 0 Å². The van der Waals surface area contributed by atoms with Gasteiger partial charge >= 0.3 is 0 Å². The van der Waals surface area contributed by atoms with Gasteiger partial charge in [0.1, 0.15) is 6.29 Å². The summed E-state index contributed by atoms with van der Waals surface area (Å²) in [6.07, 6.45) is 0.867. The number of hydrogen-bond donors (Lipinski definition) is 0. The Kier molecular flexibility index (Phi) is 3.86. The zero-order valence-corrected chi connectivity index (χ0v) is 8.53. The van der Waals surface area contributed by atoms with Crippen molar-refractivity contribution in [2.45, 2.75) is 13.8 Å². The van der Waals surface area contributed by atoms with Crippen molar-refractivity contribution in [3.63, 3.8) is 0 Å². The van der Waals surface area contributed by atoms with Crippen LogP contribution in [0.4, 0.5) is 0 Å². The number of fused-ring (bicyclic) bond motifs is 1. The summed E-state index contributed by atoms with van der Waals surface area (Å²) >= 11 is 0. The molecule has 0 aliphatic heterocycles. The van der Waals surface area contributed by atoms with Crippen molar-refractivity contribution in [1.82, 2.24) is 0 Å². The van der Waals surface area contributed by atoms with E-state index in [1.807, 2.05) is 56.3 Å². The molecule has 0 saturated heterocycles. The van der Waals surface area contributed by atoms with Crippen molar-refractivity contribution in [2.24, 2.45) is 0 Å². The summed E-state index contributed by atoms with van der Waals surface area (Å²) in [5, 5.41) is 2.28. The maximum atomic E-state index is 10.5. The van der Waals surface area contributed by atoms with Crippen molar-refractivity contribution in [2.75, 3.05) is 0 Å². The Hall–Kier alpha value is -1.63. The largest absolute Gasteiger partial charge is 0.298 e. The van der Waals surface area contributed by atoms with Gasteiger partial charge in [-0.3, -0.25) is 4.79 Å². The van der Waals surface area contributed by atoms with E-state index in [2.05, 4.69) is 0 Å². The predicted molar refractivity (Wildman–Crippen MR) is 60.7 cm³/mol. The molecule has 1 nitrogen and oxygen atoms in total. The molecule has 2 rings (SSSR count). The second-order valence-electron chi connectivity index (χ2n) is 2.72. The first-order chi connectivity index (χ1) is 6.90. The van der Waals surface area contributed by atoms with Gasteiger partial charge in [-0.25, -0.2) is 0 Å². The molecular weight excluding hydrogens is 172 g/mol. The summed E-state index contributed by atoms with van der Waals surface area (Å²) in [7, 11) is 0. The Morgan fingerprint density at radius 1 is 0.929 bits per heavy atom. The van der Waals surface area contributed by atoms with E-state index in [0.717, 1.165) is 17.2 Å². The normalized spacial score (nSPS) is 9.00. The number of carbonyl (C=O) groups is 1. The molecule has 0 aromatic heterocycles. The summed E-state index contributed by atoms with van der Waals surface area (Å²) in [5.74, 6) is 0. The zero-order valence-electron chi connectivity index (χ0n) is 8.53. The van der Waals surface area contributed by atoms with Crippen molar-refractivity contribution in [1.29, 1.82) is 0 Å². The van der Waals surface area contributed by atoms with Crippen LogP contribution in [0.15, 0.2) is 42.5 Å². The van der Waals surface area contributed by atoms with Crippen molar-refractivity contribution < 1.29 is 4.79 Å². The summed E-state index contributed by atoms with van der Waals surface area (Å²) in [5.41, 5.74) is 0.730. The monoisotopic (exact) mass is 186 g/mol. The summed E-state index contributed by atoms with van der Waals surface area (Å²) < 4.78 is 0. The van der Waals surface area contributed by atoms with Crippen LogP contribution in [-0.2, 0) is 0 Å². The van der Waals surface area contributed by atoms with Gasteiger partial charge in [0.2, 0.25) is 0 Å². The highest BCUT2D eigenvalue weighted by molar-refractivity contribution is 5.88. The van der Waals surface area contributed by atoms with Gasteiger partial charge in [-0.15, -0.1) is 0 Å².